The molecule has 1 aliphatic carbocycles. The van der Waals surface area contributed by atoms with E-state index in [1.54, 1.807) is 0 Å². The van der Waals surface area contributed by atoms with Crippen molar-refractivity contribution in [2.45, 2.75) is 5.41 Å². The lowest BCUT2D eigenvalue weighted by atomic mass is 9.68. The Hall–Kier alpha value is -8.76. The predicted octanol–water partition coefficient (Wildman–Crippen LogP) is 18.3. The smallest absolute Gasteiger partial charge is 0.0713 e. The van der Waals surface area contributed by atoms with E-state index in [1.165, 1.54) is 97.6 Å². The first-order valence-electron chi connectivity index (χ1n) is 24.1. The fourth-order valence-corrected chi connectivity index (χ4v) is 12.6. The fourth-order valence-electron chi connectivity index (χ4n) is 11.6. The summed E-state index contributed by atoms with van der Waals surface area (Å²) in [5, 5.41) is 5.15. The summed E-state index contributed by atoms with van der Waals surface area (Å²) >= 11 is 1.86. The summed E-state index contributed by atoms with van der Waals surface area (Å²) in [6.45, 7) is 0. The number of hydrogen-bond donors (Lipinski definition) is 0. The lowest BCUT2D eigenvalue weighted by molar-refractivity contribution is 0.768. The van der Waals surface area contributed by atoms with Crippen molar-refractivity contribution in [2.75, 3.05) is 4.90 Å². The molecule has 1 aliphatic rings. The molecule has 0 bridgehead atoms. The molecule has 14 rings (SSSR count). The second-order valence-electron chi connectivity index (χ2n) is 18.4. The highest BCUT2D eigenvalue weighted by molar-refractivity contribution is 7.25. The van der Waals surface area contributed by atoms with Gasteiger partial charge in [-0.15, -0.1) is 11.3 Å². The third kappa shape index (κ3) is 6.25. The molecule has 0 N–H and O–H groups in total. The minimum atomic E-state index is -0.471. The summed E-state index contributed by atoms with van der Waals surface area (Å²) in [7, 11) is 0. The SMILES string of the molecule is c1ccc(C2(c3ccc(N(c4ccc(-c5ccc(-n6c7ccccc7c7ccccc76)cc5)cc4)c4cccc(-c5ccc6sc7ccccc7c6c5)c4)cc3)c3ccccc3-c3ccccc32)cc1. The van der Waals surface area contributed by atoms with Crippen molar-refractivity contribution in [3.8, 4) is 39.1 Å². The first-order valence-corrected chi connectivity index (χ1v) is 24.9. The quantitative estimate of drug-likeness (QED) is 0.147. The Morgan fingerprint density at radius 1 is 0.314 bits per heavy atom. The Kier molecular flexibility index (Phi) is 9.33. The van der Waals surface area contributed by atoms with Gasteiger partial charge in [0.05, 0.1) is 16.4 Å². The highest BCUT2D eigenvalue weighted by Gasteiger charge is 2.45. The molecular formula is C67H44N2S. The van der Waals surface area contributed by atoms with Gasteiger partial charge in [0.15, 0.2) is 0 Å². The second kappa shape index (κ2) is 16.2. The van der Waals surface area contributed by atoms with Crippen molar-refractivity contribution in [1.29, 1.82) is 0 Å². The maximum Gasteiger partial charge on any atom is 0.0713 e. The van der Waals surface area contributed by atoms with Crippen LogP contribution in [0.25, 0.3) is 81.0 Å². The van der Waals surface area contributed by atoms with Crippen LogP contribution < -0.4 is 4.90 Å². The number of rotatable bonds is 8. The Bertz CT molecular complexity index is 4010. The van der Waals surface area contributed by atoms with Gasteiger partial charge in [-0.2, -0.15) is 0 Å². The molecule has 11 aromatic carbocycles. The first-order chi connectivity index (χ1) is 34.7. The van der Waals surface area contributed by atoms with Gasteiger partial charge in [0.2, 0.25) is 0 Å². The zero-order valence-corrected chi connectivity index (χ0v) is 39.0. The third-order valence-corrected chi connectivity index (χ3v) is 15.8. The molecule has 0 fully saturated rings. The van der Waals surface area contributed by atoms with E-state index in [0.29, 0.717) is 0 Å². The van der Waals surface area contributed by atoms with Crippen molar-refractivity contribution in [3.05, 3.63) is 289 Å². The minimum Gasteiger partial charge on any atom is -0.310 e. The summed E-state index contributed by atoms with van der Waals surface area (Å²) in [6, 6.07) is 98.5. The molecule has 2 aromatic heterocycles. The van der Waals surface area contributed by atoms with Gasteiger partial charge in [-0.3, -0.25) is 0 Å². The van der Waals surface area contributed by atoms with E-state index in [1.807, 2.05) is 11.3 Å². The van der Waals surface area contributed by atoms with E-state index < -0.39 is 5.41 Å². The summed E-state index contributed by atoms with van der Waals surface area (Å²) in [6.07, 6.45) is 0. The van der Waals surface area contributed by atoms with E-state index in [0.717, 1.165) is 22.7 Å². The first kappa shape index (κ1) is 40.3. The number of para-hydroxylation sites is 2. The molecule has 13 aromatic rings. The summed E-state index contributed by atoms with van der Waals surface area (Å²) in [4.78, 5) is 2.41. The highest BCUT2D eigenvalue weighted by Crippen LogP contribution is 2.56. The maximum atomic E-state index is 2.41. The van der Waals surface area contributed by atoms with Gasteiger partial charge in [-0.25, -0.2) is 0 Å². The number of aromatic nitrogens is 1. The average molecular weight is 909 g/mol. The standard InChI is InChI=1S/C67H44N2S/c1-2-16-49(17-3-1)67(61-24-9-4-19-55(61)56-20-5-10-25-62(56)67)50-34-40-52(41-35-50)68(54-18-14-15-47(43-54)48-33-42-66-60(44-48)59-23-8-13-28-65(59)70-66)51-36-29-45(30-37-51)46-31-38-53(39-32-46)69-63-26-11-6-21-57(63)58-22-7-12-27-64(58)69/h1-44H. The molecule has 0 amide bonds. The van der Waals surface area contributed by atoms with E-state index in [9.17, 15) is 0 Å². The molecule has 0 aliphatic heterocycles. The summed E-state index contributed by atoms with van der Waals surface area (Å²) in [5.74, 6) is 0. The van der Waals surface area contributed by atoms with Crippen LogP contribution in [0.5, 0.6) is 0 Å². The Morgan fingerprint density at radius 2 is 0.814 bits per heavy atom. The molecule has 0 spiro atoms. The molecule has 3 heteroatoms. The zero-order valence-electron chi connectivity index (χ0n) is 38.2. The number of nitrogens with zero attached hydrogens (tertiary/aromatic N) is 2. The van der Waals surface area contributed by atoms with E-state index in [2.05, 4.69) is 276 Å². The summed E-state index contributed by atoms with van der Waals surface area (Å²) in [5.41, 5.74) is 18.8. The topological polar surface area (TPSA) is 8.17 Å². The van der Waals surface area contributed by atoms with Crippen LogP contribution in [0.4, 0.5) is 17.1 Å². The van der Waals surface area contributed by atoms with E-state index in [4.69, 9.17) is 0 Å². The molecule has 0 atom stereocenters. The summed E-state index contributed by atoms with van der Waals surface area (Å²) < 4.78 is 5.01. The molecule has 2 heterocycles. The Morgan fingerprint density at radius 3 is 1.49 bits per heavy atom. The lowest BCUT2D eigenvalue weighted by Gasteiger charge is -2.34. The van der Waals surface area contributed by atoms with Crippen LogP contribution >= 0.6 is 11.3 Å². The molecule has 0 saturated carbocycles. The van der Waals surface area contributed by atoms with Crippen molar-refractivity contribution in [3.63, 3.8) is 0 Å². The van der Waals surface area contributed by atoms with Crippen LogP contribution in [-0.2, 0) is 5.41 Å². The molecule has 70 heavy (non-hydrogen) atoms. The van der Waals surface area contributed by atoms with Crippen molar-refractivity contribution in [1.82, 2.24) is 4.57 Å². The van der Waals surface area contributed by atoms with E-state index in [-0.39, 0.29) is 0 Å². The fraction of sp³-hybridized carbons (Fsp3) is 0.0149. The number of fused-ring (bicyclic) bond motifs is 9. The molecule has 0 saturated heterocycles. The van der Waals surface area contributed by atoms with Crippen LogP contribution in [0.1, 0.15) is 22.3 Å². The van der Waals surface area contributed by atoms with Gasteiger partial charge in [0, 0.05) is 53.7 Å². The monoisotopic (exact) mass is 908 g/mol. The minimum absolute atomic E-state index is 0.471. The van der Waals surface area contributed by atoms with Crippen LogP contribution in [0.3, 0.4) is 0 Å². The largest absolute Gasteiger partial charge is 0.310 e. The third-order valence-electron chi connectivity index (χ3n) is 14.7. The number of anilines is 3. The zero-order chi connectivity index (χ0) is 46.2. The normalized spacial score (nSPS) is 12.7. The van der Waals surface area contributed by atoms with Gasteiger partial charge >= 0.3 is 0 Å². The number of hydrogen-bond acceptors (Lipinski definition) is 2. The number of benzene rings is 11. The van der Waals surface area contributed by atoms with Crippen LogP contribution in [0.15, 0.2) is 267 Å². The maximum absolute atomic E-state index is 2.41. The molecular weight excluding hydrogens is 865 g/mol. The van der Waals surface area contributed by atoms with Gasteiger partial charge in [-0.05, 0) is 134 Å². The van der Waals surface area contributed by atoms with Crippen molar-refractivity contribution >= 4 is 70.4 Å². The Labute approximate surface area is 411 Å². The number of thiophene rings is 1. The van der Waals surface area contributed by atoms with Gasteiger partial charge in [0.1, 0.15) is 0 Å². The van der Waals surface area contributed by atoms with Crippen molar-refractivity contribution in [2.24, 2.45) is 0 Å². The molecule has 328 valence electrons. The van der Waals surface area contributed by atoms with Gasteiger partial charge in [-0.1, -0.05) is 188 Å². The predicted molar refractivity (Wildman–Crippen MR) is 297 cm³/mol. The molecule has 0 unspecified atom stereocenters. The lowest BCUT2D eigenvalue weighted by Crippen LogP contribution is -2.28. The average Bonchev–Trinajstić information content (AvgIpc) is 4.08. The van der Waals surface area contributed by atoms with Crippen LogP contribution in [0.2, 0.25) is 0 Å². The second-order valence-corrected chi connectivity index (χ2v) is 19.5. The van der Waals surface area contributed by atoms with Gasteiger partial charge in [0.25, 0.3) is 0 Å². The Balaban J connectivity index is 0.879. The van der Waals surface area contributed by atoms with Crippen molar-refractivity contribution < 1.29 is 0 Å². The molecule has 2 nitrogen and oxygen atoms in total. The van der Waals surface area contributed by atoms with Crippen LogP contribution in [-0.4, -0.2) is 4.57 Å². The highest BCUT2D eigenvalue weighted by atomic mass is 32.1. The van der Waals surface area contributed by atoms with E-state index >= 15 is 0 Å². The van der Waals surface area contributed by atoms with Gasteiger partial charge < -0.3 is 9.47 Å². The molecule has 0 radical (unpaired) electrons. The van der Waals surface area contributed by atoms with Crippen LogP contribution in [0, 0.1) is 0 Å².